The van der Waals surface area contributed by atoms with Crippen LogP contribution in [0.5, 0.6) is 17.2 Å². The molecule has 0 amide bonds. The van der Waals surface area contributed by atoms with Gasteiger partial charge in [0.1, 0.15) is 55.4 Å². The van der Waals surface area contributed by atoms with Crippen molar-refractivity contribution in [3.8, 4) is 17.2 Å². The zero-order chi connectivity index (χ0) is 25.3. The molecular formula is C31H28O7. The smallest absolute Gasteiger partial charge is 0.166 e. The van der Waals surface area contributed by atoms with Crippen LogP contribution in [0.3, 0.4) is 0 Å². The highest BCUT2D eigenvalue weighted by Gasteiger charge is 2.47. The number of hydrogen-bond acceptors (Lipinski definition) is 7. The van der Waals surface area contributed by atoms with Gasteiger partial charge >= 0.3 is 0 Å². The molecule has 0 radical (unpaired) electrons. The maximum atomic E-state index is 14.0. The molecule has 194 valence electrons. The van der Waals surface area contributed by atoms with E-state index < -0.39 is 5.41 Å². The van der Waals surface area contributed by atoms with Crippen molar-refractivity contribution in [2.75, 3.05) is 39.6 Å². The van der Waals surface area contributed by atoms with Crippen molar-refractivity contribution in [3.05, 3.63) is 70.8 Å². The molecule has 3 heterocycles. The highest BCUT2D eigenvalue weighted by Crippen LogP contribution is 2.50. The molecule has 1 spiro atoms. The van der Waals surface area contributed by atoms with Crippen molar-refractivity contribution in [1.82, 2.24) is 0 Å². The van der Waals surface area contributed by atoms with Crippen LogP contribution in [0.2, 0.25) is 0 Å². The normalized spacial score (nSPS) is 27.8. The maximum absolute atomic E-state index is 14.0. The quantitative estimate of drug-likeness (QED) is 0.404. The summed E-state index contributed by atoms with van der Waals surface area (Å²) < 4.78 is 34.8. The van der Waals surface area contributed by atoms with E-state index >= 15 is 0 Å². The Kier molecular flexibility index (Phi) is 5.09. The van der Waals surface area contributed by atoms with Crippen LogP contribution in [0.15, 0.2) is 48.5 Å². The molecule has 38 heavy (non-hydrogen) atoms. The van der Waals surface area contributed by atoms with Crippen molar-refractivity contribution in [2.45, 2.75) is 36.6 Å². The fraction of sp³-hybridized carbons (Fsp3) is 0.387. The number of carbonyl (C=O) groups excluding carboxylic acids is 1. The molecule has 3 unspecified atom stereocenters. The van der Waals surface area contributed by atoms with E-state index in [1.165, 1.54) is 0 Å². The summed E-state index contributed by atoms with van der Waals surface area (Å²) in [6.07, 6.45) is 5.16. The van der Waals surface area contributed by atoms with Gasteiger partial charge in [-0.15, -0.1) is 0 Å². The van der Waals surface area contributed by atoms with E-state index in [2.05, 4.69) is 12.1 Å². The number of ether oxygens (including phenoxy) is 6. The Labute approximate surface area is 220 Å². The first-order valence-corrected chi connectivity index (χ1v) is 13.3. The van der Waals surface area contributed by atoms with Crippen molar-refractivity contribution in [3.63, 3.8) is 0 Å². The zero-order valence-electron chi connectivity index (χ0n) is 20.9. The van der Waals surface area contributed by atoms with E-state index in [4.69, 9.17) is 28.4 Å². The Morgan fingerprint density at radius 3 is 1.89 bits per heavy atom. The first-order valence-electron chi connectivity index (χ1n) is 13.3. The predicted molar refractivity (Wildman–Crippen MR) is 139 cm³/mol. The summed E-state index contributed by atoms with van der Waals surface area (Å²) in [7, 11) is 0. The van der Waals surface area contributed by atoms with Gasteiger partial charge in [0.15, 0.2) is 5.78 Å². The van der Waals surface area contributed by atoms with Gasteiger partial charge in [-0.3, -0.25) is 4.79 Å². The molecule has 5 aliphatic rings. The highest BCUT2D eigenvalue weighted by molar-refractivity contribution is 6.08. The molecule has 3 aromatic carbocycles. The van der Waals surface area contributed by atoms with E-state index in [1.54, 1.807) is 6.08 Å². The molecule has 0 N–H and O–H groups in total. The minimum atomic E-state index is -0.787. The predicted octanol–water partition coefficient (Wildman–Crippen LogP) is 3.81. The topological polar surface area (TPSA) is 82.4 Å². The number of benzene rings is 3. The number of fused-ring (bicyclic) bond motifs is 2. The van der Waals surface area contributed by atoms with E-state index in [9.17, 15) is 4.79 Å². The second-order valence-corrected chi connectivity index (χ2v) is 10.9. The van der Waals surface area contributed by atoms with Gasteiger partial charge in [-0.1, -0.05) is 24.3 Å². The van der Waals surface area contributed by atoms with Gasteiger partial charge in [-0.2, -0.15) is 0 Å². The molecule has 0 saturated carbocycles. The number of ketones is 1. The van der Waals surface area contributed by atoms with Crippen molar-refractivity contribution in [1.29, 1.82) is 0 Å². The van der Waals surface area contributed by atoms with E-state index in [-0.39, 0.29) is 24.1 Å². The summed E-state index contributed by atoms with van der Waals surface area (Å²) in [6.45, 7) is 3.71. The largest absolute Gasteiger partial charge is 0.491 e. The van der Waals surface area contributed by atoms with Crippen LogP contribution >= 0.6 is 0 Å². The van der Waals surface area contributed by atoms with E-state index in [0.717, 1.165) is 70.1 Å². The summed E-state index contributed by atoms with van der Waals surface area (Å²) in [5.41, 5.74) is 3.33. The summed E-state index contributed by atoms with van der Waals surface area (Å²) >= 11 is 0. The molecule has 7 nitrogen and oxygen atoms in total. The Morgan fingerprint density at radius 2 is 1.32 bits per heavy atom. The molecule has 3 fully saturated rings. The standard InChI is InChI=1S/C31H28O7/c32-29-8-4-18-1-5-20(33-12-21-13-34-21)9-26(18)31(29)10-24-27(37-16-22-14-35-22)6-2-19-3-7-28(25(11-31)30(19)24)38-17-23-15-36-23/h1-9,21-23H,10-17H2/t21?,22-,23?,31?/m0/s1. The Morgan fingerprint density at radius 1 is 0.737 bits per heavy atom. The molecule has 7 heteroatoms. The van der Waals surface area contributed by atoms with E-state index in [1.807, 2.05) is 36.4 Å². The third-order valence-corrected chi connectivity index (χ3v) is 8.19. The van der Waals surface area contributed by atoms with Crippen LogP contribution in [-0.2, 0) is 37.3 Å². The zero-order valence-corrected chi connectivity index (χ0v) is 20.9. The van der Waals surface area contributed by atoms with Gasteiger partial charge < -0.3 is 28.4 Å². The molecule has 0 bridgehead atoms. The minimum absolute atomic E-state index is 0.0899. The maximum Gasteiger partial charge on any atom is 0.166 e. The molecule has 2 aliphatic carbocycles. The monoisotopic (exact) mass is 512 g/mol. The van der Waals surface area contributed by atoms with Crippen LogP contribution in [0.25, 0.3) is 16.8 Å². The summed E-state index contributed by atoms with van der Waals surface area (Å²) in [5.74, 6) is 2.45. The van der Waals surface area contributed by atoms with Gasteiger partial charge in [-0.05, 0) is 65.1 Å². The number of rotatable bonds is 9. The average Bonchev–Trinajstić information content (AvgIpc) is 3.79. The van der Waals surface area contributed by atoms with Crippen LogP contribution in [0.4, 0.5) is 0 Å². The lowest BCUT2D eigenvalue weighted by molar-refractivity contribution is -0.120. The van der Waals surface area contributed by atoms with Gasteiger partial charge in [0.25, 0.3) is 0 Å². The third kappa shape index (κ3) is 3.97. The van der Waals surface area contributed by atoms with Crippen LogP contribution in [-0.4, -0.2) is 63.7 Å². The summed E-state index contributed by atoms with van der Waals surface area (Å²) in [6, 6.07) is 14.3. The average molecular weight is 513 g/mol. The van der Waals surface area contributed by atoms with Gasteiger partial charge in [0.2, 0.25) is 0 Å². The van der Waals surface area contributed by atoms with Crippen molar-refractivity contribution >= 4 is 22.6 Å². The molecule has 3 aliphatic heterocycles. The van der Waals surface area contributed by atoms with Crippen molar-refractivity contribution in [2.24, 2.45) is 0 Å². The molecule has 8 rings (SSSR count). The number of hydrogen-bond donors (Lipinski definition) is 0. The fourth-order valence-corrected chi connectivity index (χ4v) is 5.87. The van der Waals surface area contributed by atoms with Crippen LogP contribution < -0.4 is 14.2 Å². The molecule has 4 atom stereocenters. The van der Waals surface area contributed by atoms with Gasteiger partial charge in [0, 0.05) is 11.1 Å². The van der Waals surface area contributed by atoms with Gasteiger partial charge in [-0.25, -0.2) is 0 Å². The number of carbonyl (C=O) groups is 1. The van der Waals surface area contributed by atoms with Gasteiger partial charge in [0.05, 0.1) is 25.2 Å². The Bertz CT molecular complexity index is 1420. The number of allylic oxidation sites excluding steroid dienone is 1. The van der Waals surface area contributed by atoms with E-state index in [0.29, 0.717) is 32.7 Å². The molecule has 0 aromatic heterocycles. The first kappa shape index (κ1) is 22.6. The SMILES string of the molecule is O=C1C=Cc2ccc(OCC3CO3)cc2C12Cc1c(OCC3CO3)ccc3ccc(OC[C@@H]4CO4)c(c13)C2. The second-order valence-electron chi connectivity index (χ2n) is 10.9. The Hall–Kier alpha value is -3.39. The fourth-order valence-electron chi connectivity index (χ4n) is 5.87. The lowest BCUT2D eigenvalue weighted by atomic mass is 9.61. The molecule has 3 aromatic rings. The summed E-state index contributed by atoms with van der Waals surface area (Å²) in [5, 5.41) is 2.25. The lowest BCUT2D eigenvalue weighted by Gasteiger charge is -2.40. The molecule has 3 saturated heterocycles. The molecular weight excluding hydrogens is 484 g/mol. The Balaban J connectivity index is 1.26. The van der Waals surface area contributed by atoms with Crippen molar-refractivity contribution < 1.29 is 33.2 Å². The minimum Gasteiger partial charge on any atom is -0.491 e. The van der Waals surface area contributed by atoms with Crippen LogP contribution in [0.1, 0.15) is 22.3 Å². The highest BCUT2D eigenvalue weighted by atomic mass is 16.6. The lowest BCUT2D eigenvalue weighted by Crippen LogP contribution is -2.43. The summed E-state index contributed by atoms with van der Waals surface area (Å²) in [4.78, 5) is 14.0. The number of epoxide rings is 3. The third-order valence-electron chi connectivity index (χ3n) is 8.19. The van der Waals surface area contributed by atoms with Crippen LogP contribution in [0, 0.1) is 0 Å². The first-order chi connectivity index (χ1) is 18.7. The second kappa shape index (κ2) is 8.56.